The number of hydrogen-bond donors (Lipinski definition) is 0. The van der Waals surface area contributed by atoms with E-state index in [0.29, 0.717) is 18.1 Å². The van der Waals surface area contributed by atoms with Crippen molar-refractivity contribution < 1.29 is 9.53 Å². The molecule has 2 aromatic heterocycles. The Morgan fingerprint density at radius 2 is 2.18 bits per heavy atom. The van der Waals surface area contributed by atoms with Crippen LogP contribution in [0.15, 0.2) is 42.0 Å². The Bertz CT molecular complexity index is 846. The average Bonchev–Trinajstić information content (AvgIpc) is 3.17. The molecule has 0 spiro atoms. The number of thiophene rings is 1. The summed E-state index contributed by atoms with van der Waals surface area (Å²) in [5.41, 5.74) is 0.871. The third kappa shape index (κ3) is 2.31. The van der Waals surface area contributed by atoms with Crippen LogP contribution in [-0.2, 0) is 4.79 Å². The highest BCUT2D eigenvalue weighted by atomic mass is 32.1. The van der Waals surface area contributed by atoms with Crippen LogP contribution in [0.5, 0.6) is 11.6 Å². The number of hydrogen-bond acceptors (Lipinski definition) is 5. The van der Waals surface area contributed by atoms with E-state index in [4.69, 9.17) is 4.74 Å². The number of carbonyl (C=O) groups excluding carboxylic acids is 1. The van der Waals surface area contributed by atoms with Crippen LogP contribution in [0.25, 0.3) is 10.2 Å². The molecule has 1 amide bonds. The highest BCUT2D eigenvalue weighted by molar-refractivity contribution is 7.16. The van der Waals surface area contributed by atoms with Crippen LogP contribution in [0.1, 0.15) is 12.8 Å². The molecule has 3 aromatic rings. The van der Waals surface area contributed by atoms with Crippen molar-refractivity contribution in [2.45, 2.75) is 12.8 Å². The van der Waals surface area contributed by atoms with E-state index in [1.54, 1.807) is 16.2 Å². The standard InChI is InChI=1S/C16H13N3O2S/c20-14-5-2-7-19(14)11-3-1-4-12(9-11)21-15-13-6-8-22-16(13)18-10-17-15/h1,3-4,6,8-10H,2,5,7H2. The highest BCUT2D eigenvalue weighted by Crippen LogP contribution is 2.31. The summed E-state index contributed by atoms with van der Waals surface area (Å²) in [5, 5.41) is 2.86. The Morgan fingerprint density at radius 3 is 3.05 bits per heavy atom. The summed E-state index contributed by atoms with van der Waals surface area (Å²) in [5.74, 6) is 1.37. The quantitative estimate of drug-likeness (QED) is 0.741. The van der Waals surface area contributed by atoms with Gasteiger partial charge in [-0.15, -0.1) is 11.3 Å². The summed E-state index contributed by atoms with van der Waals surface area (Å²) < 4.78 is 5.90. The van der Waals surface area contributed by atoms with Gasteiger partial charge in [0.05, 0.1) is 5.39 Å². The lowest BCUT2D eigenvalue weighted by molar-refractivity contribution is -0.117. The first-order valence-electron chi connectivity index (χ1n) is 7.08. The summed E-state index contributed by atoms with van der Waals surface area (Å²) in [7, 11) is 0. The number of rotatable bonds is 3. The number of amides is 1. The lowest BCUT2D eigenvalue weighted by atomic mass is 10.2. The summed E-state index contributed by atoms with van der Waals surface area (Å²) in [6.45, 7) is 0.768. The fourth-order valence-electron chi connectivity index (χ4n) is 2.60. The number of aromatic nitrogens is 2. The summed E-state index contributed by atoms with van der Waals surface area (Å²) >= 11 is 1.55. The third-order valence-electron chi connectivity index (χ3n) is 3.64. The van der Waals surface area contributed by atoms with Gasteiger partial charge in [0.2, 0.25) is 11.8 Å². The van der Waals surface area contributed by atoms with Crippen molar-refractivity contribution in [2.24, 2.45) is 0 Å². The van der Waals surface area contributed by atoms with E-state index in [9.17, 15) is 4.79 Å². The maximum atomic E-state index is 11.9. The Balaban J connectivity index is 1.66. The van der Waals surface area contributed by atoms with Gasteiger partial charge in [0, 0.05) is 24.7 Å². The predicted octanol–water partition coefficient (Wildman–Crippen LogP) is 3.61. The van der Waals surface area contributed by atoms with Crippen molar-refractivity contribution in [3.05, 3.63) is 42.0 Å². The Labute approximate surface area is 131 Å². The molecule has 0 saturated carbocycles. The summed E-state index contributed by atoms with van der Waals surface area (Å²) in [4.78, 5) is 23.0. The maximum Gasteiger partial charge on any atom is 0.231 e. The summed E-state index contributed by atoms with van der Waals surface area (Å²) in [6.07, 6.45) is 3.03. The number of benzene rings is 1. The molecule has 110 valence electrons. The lowest BCUT2D eigenvalue weighted by Crippen LogP contribution is -2.23. The molecule has 1 saturated heterocycles. The van der Waals surface area contributed by atoms with E-state index in [2.05, 4.69) is 9.97 Å². The van der Waals surface area contributed by atoms with Crippen molar-refractivity contribution in [1.82, 2.24) is 9.97 Å². The molecule has 0 bridgehead atoms. The smallest absolute Gasteiger partial charge is 0.231 e. The molecule has 4 rings (SSSR count). The van der Waals surface area contributed by atoms with Gasteiger partial charge in [-0.1, -0.05) is 6.07 Å². The monoisotopic (exact) mass is 311 g/mol. The van der Waals surface area contributed by atoms with Gasteiger partial charge in [0.15, 0.2) is 0 Å². The minimum atomic E-state index is 0.166. The van der Waals surface area contributed by atoms with Crippen molar-refractivity contribution in [1.29, 1.82) is 0 Å². The van der Waals surface area contributed by atoms with Crippen LogP contribution in [0, 0.1) is 0 Å². The van der Waals surface area contributed by atoms with Gasteiger partial charge in [0.25, 0.3) is 0 Å². The Kier molecular flexibility index (Phi) is 3.23. The minimum absolute atomic E-state index is 0.166. The van der Waals surface area contributed by atoms with Crippen molar-refractivity contribution in [2.75, 3.05) is 11.4 Å². The topological polar surface area (TPSA) is 55.3 Å². The van der Waals surface area contributed by atoms with Crippen LogP contribution in [0.4, 0.5) is 5.69 Å². The van der Waals surface area contributed by atoms with Crippen LogP contribution in [-0.4, -0.2) is 22.4 Å². The molecule has 1 aliphatic rings. The van der Waals surface area contributed by atoms with Crippen LogP contribution < -0.4 is 9.64 Å². The highest BCUT2D eigenvalue weighted by Gasteiger charge is 2.22. The van der Waals surface area contributed by atoms with Crippen LogP contribution in [0.3, 0.4) is 0 Å². The fraction of sp³-hybridized carbons (Fsp3) is 0.188. The molecule has 1 aromatic carbocycles. The Hall–Kier alpha value is -2.47. The lowest BCUT2D eigenvalue weighted by Gasteiger charge is -2.16. The van der Waals surface area contributed by atoms with Gasteiger partial charge < -0.3 is 9.64 Å². The molecule has 0 aliphatic carbocycles. The van der Waals surface area contributed by atoms with E-state index >= 15 is 0 Å². The first kappa shape index (κ1) is 13.2. The van der Waals surface area contributed by atoms with E-state index in [1.165, 1.54) is 6.33 Å². The molecule has 1 fully saturated rings. The van der Waals surface area contributed by atoms with E-state index in [1.807, 2.05) is 35.7 Å². The number of anilines is 1. The molecular formula is C16H13N3O2S. The molecule has 22 heavy (non-hydrogen) atoms. The molecular weight excluding hydrogens is 298 g/mol. The zero-order chi connectivity index (χ0) is 14.9. The maximum absolute atomic E-state index is 11.9. The molecule has 1 aliphatic heterocycles. The largest absolute Gasteiger partial charge is 0.438 e. The number of nitrogens with zero attached hydrogens (tertiary/aromatic N) is 3. The van der Waals surface area contributed by atoms with Crippen LogP contribution in [0.2, 0.25) is 0 Å². The molecule has 0 unspecified atom stereocenters. The summed E-state index contributed by atoms with van der Waals surface area (Å²) in [6, 6.07) is 9.51. The second kappa shape index (κ2) is 5.38. The van der Waals surface area contributed by atoms with Crippen molar-refractivity contribution in [3.8, 4) is 11.6 Å². The normalized spacial score (nSPS) is 14.7. The molecule has 0 radical (unpaired) electrons. The second-order valence-electron chi connectivity index (χ2n) is 5.07. The molecule has 0 atom stereocenters. The predicted molar refractivity (Wildman–Crippen MR) is 85.5 cm³/mol. The second-order valence-corrected chi connectivity index (χ2v) is 5.96. The number of fused-ring (bicyclic) bond motifs is 1. The van der Waals surface area contributed by atoms with Gasteiger partial charge in [-0.25, -0.2) is 9.97 Å². The van der Waals surface area contributed by atoms with Gasteiger partial charge in [-0.05, 0) is 30.0 Å². The molecule has 3 heterocycles. The Morgan fingerprint density at radius 1 is 1.23 bits per heavy atom. The zero-order valence-electron chi connectivity index (χ0n) is 11.7. The van der Waals surface area contributed by atoms with Gasteiger partial charge >= 0.3 is 0 Å². The van der Waals surface area contributed by atoms with Crippen molar-refractivity contribution in [3.63, 3.8) is 0 Å². The molecule has 0 N–H and O–H groups in total. The van der Waals surface area contributed by atoms with Crippen LogP contribution >= 0.6 is 11.3 Å². The van der Waals surface area contributed by atoms with Gasteiger partial charge in [-0.2, -0.15) is 0 Å². The SMILES string of the molecule is O=C1CCCN1c1cccc(Oc2ncnc3sccc23)c1. The zero-order valence-corrected chi connectivity index (χ0v) is 12.5. The molecule has 6 heteroatoms. The third-order valence-corrected chi connectivity index (χ3v) is 4.46. The molecule has 5 nitrogen and oxygen atoms in total. The van der Waals surface area contributed by atoms with E-state index < -0.39 is 0 Å². The first-order chi connectivity index (χ1) is 10.8. The number of ether oxygens (including phenoxy) is 1. The minimum Gasteiger partial charge on any atom is -0.438 e. The van der Waals surface area contributed by atoms with Gasteiger partial charge in [-0.3, -0.25) is 4.79 Å². The van der Waals surface area contributed by atoms with E-state index in [-0.39, 0.29) is 5.91 Å². The fourth-order valence-corrected chi connectivity index (χ4v) is 3.32. The first-order valence-corrected chi connectivity index (χ1v) is 7.96. The van der Waals surface area contributed by atoms with E-state index in [0.717, 1.165) is 28.9 Å². The van der Waals surface area contributed by atoms with Crippen molar-refractivity contribution >= 4 is 33.1 Å². The van der Waals surface area contributed by atoms with Gasteiger partial charge in [0.1, 0.15) is 16.9 Å². The average molecular weight is 311 g/mol. The number of carbonyl (C=O) groups is 1.